The zero-order valence-corrected chi connectivity index (χ0v) is 26.1. The molecule has 0 aliphatic carbocycles. The van der Waals surface area contributed by atoms with Crippen LogP contribution in [0.15, 0.2) is 60.7 Å². The number of aryl methyl sites for hydroxylation is 1. The molecule has 0 spiro atoms. The number of hydrogen-bond acceptors (Lipinski definition) is 7. The fourth-order valence-corrected chi connectivity index (χ4v) is 4.84. The molecule has 2 atom stereocenters. The molecule has 0 aliphatic heterocycles. The van der Waals surface area contributed by atoms with Gasteiger partial charge in [0.2, 0.25) is 0 Å². The first-order valence-corrected chi connectivity index (χ1v) is 14.3. The number of rotatable bonds is 15. The Labute approximate surface area is 259 Å². The molecule has 10 heteroatoms. The quantitative estimate of drug-likeness (QED) is 0.196. The van der Waals surface area contributed by atoms with Crippen LogP contribution in [-0.4, -0.2) is 60.8 Å². The molecule has 1 amide bonds. The molecular weight excluding hydrogens is 573 g/mol. The van der Waals surface area contributed by atoms with Crippen molar-refractivity contribution >= 4 is 24.3 Å². The molecule has 0 aliphatic rings. The van der Waals surface area contributed by atoms with E-state index in [2.05, 4.69) is 5.32 Å². The molecule has 3 aromatic carbocycles. The molecule has 0 unspecified atom stereocenters. The molecule has 0 heterocycles. The van der Waals surface area contributed by atoms with Crippen LogP contribution in [0.4, 0.5) is 4.39 Å². The Balaban J connectivity index is 0.00000645. The van der Waals surface area contributed by atoms with E-state index < -0.39 is 23.9 Å². The van der Waals surface area contributed by atoms with Gasteiger partial charge < -0.3 is 30.5 Å². The highest BCUT2D eigenvalue weighted by atomic mass is 35.5. The standard InChI is InChI=1S/C33H42FN3O5.ClH/c1-5-10-37(11-6-2)32(39)25-12-22(3)13-26(18-25)33(40)42-31(21-36-20-23-8-7-9-29(16-23)41-4)30(35)17-24-14-27(34)19-28(38)15-24;/h7-9,12-16,18-19,30-31,36,38H,5-6,10-11,17,20-21,35H2,1-4H3;1H/t30-,31+;/m0./s1. The van der Waals surface area contributed by atoms with Crippen molar-refractivity contribution in [2.24, 2.45) is 5.73 Å². The average molecular weight is 616 g/mol. The van der Waals surface area contributed by atoms with E-state index in [0.717, 1.165) is 35.8 Å². The molecule has 234 valence electrons. The molecule has 8 nitrogen and oxygen atoms in total. The molecule has 0 fully saturated rings. The Morgan fingerprint density at radius 2 is 1.70 bits per heavy atom. The van der Waals surface area contributed by atoms with Crippen LogP contribution in [0.3, 0.4) is 0 Å². The van der Waals surface area contributed by atoms with E-state index in [1.165, 1.54) is 12.1 Å². The number of amides is 1. The van der Waals surface area contributed by atoms with Gasteiger partial charge in [-0.2, -0.15) is 0 Å². The van der Waals surface area contributed by atoms with Gasteiger partial charge in [-0.05, 0) is 85.3 Å². The summed E-state index contributed by atoms with van der Waals surface area (Å²) < 4.78 is 25.1. The normalized spacial score (nSPS) is 12.1. The summed E-state index contributed by atoms with van der Waals surface area (Å²) in [5.74, 6) is -0.814. The van der Waals surface area contributed by atoms with E-state index in [9.17, 15) is 19.1 Å². The van der Waals surface area contributed by atoms with Crippen molar-refractivity contribution in [3.63, 3.8) is 0 Å². The Hall–Kier alpha value is -3.66. The monoisotopic (exact) mass is 615 g/mol. The Morgan fingerprint density at radius 1 is 1.00 bits per heavy atom. The van der Waals surface area contributed by atoms with E-state index in [1.807, 2.05) is 45.0 Å². The number of ether oxygens (including phenoxy) is 2. The lowest BCUT2D eigenvalue weighted by atomic mass is 10.0. The van der Waals surface area contributed by atoms with Gasteiger partial charge in [0.1, 0.15) is 23.4 Å². The van der Waals surface area contributed by atoms with Gasteiger partial charge >= 0.3 is 5.97 Å². The van der Waals surface area contributed by atoms with E-state index in [0.29, 0.717) is 30.8 Å². The lowest BCUT2D eigenvalue weighted by molar-refractivity contribution is 0.0238. The van der Waals surface area contributed by atoms with E-state index >= 15 is 0 Å². The number of nitrogens with one attached hydrogen (secondary N) is 1. The van der Waals surface area contributed by atoms with Crippen LogP contribution in [0.5, 0.6) is 11.5 Å². The number of esters is 1. The maximum atomic E-state index is 13.9. The minimum atomic E-state index is -0.801. The van der Waals surface area contributed by atoms with Crippen molar-refractivity contribution in [1.82, 2.24) is 10.2 Å². The molecule has 4 N–H and O–H groups in total. The van der Waals surface area contributed by atoms with Crippen LogP contribution in [-0.2, 0) is 17.7 Å². The largest absolute Gasteiger partial charge is 0.508 e. The lowest BCUT2D eigenvalue weighted by Gasteiger charge is -2.25. The highest BCUT2D eigenvalue weighted by Crippen LogP contribution is 2.19. The van der Waals surface area contributed by atoms with Gasteiger partial charge in [0.05, 0.1) is 12.7 Å². The van der Waals surface area contributed by atoms with Crippen LogP contribution in [0, 0.1) is 12.7 Å². The first-order valence-electron chi connectivity index (χ1n) is 14.3. The topological polar surface area (TPSA) is 114 Å². The highest BCUT2D eigenvalue weighted by molar-refractivity contribution is 5.98. The van der Waals surface area contributed by atoms with Crippen molar-refractivity contribution in [2.45, 2.75) is 58.7 Å². The smallest absolute Gasteiger partial charge is 0.338 e. The van der Waals surface area contributed by atoms with Crippen LogP contribution < -0.4 is 15.8 Å². The predicted octanol–water partition coefficient (Wildman–Crippen LogP) is 5.42. The summed E-state index contributed by atoms with van der Waals surface area (Å²) >= 11 is 0. The fourth-order valence-electron chi connectivity index (χ4n) is 4.84. The van der Waals surface area contributed by atoms with Crippen molar-refractivity contribution < 1.29 is 28.6 Å². The number of nitrogens with zero attached hydrogens (tertiary/aromatic N) is 1. The number of halogens is 2. The first kappa shape index (κ1) is 35.5. The van der Waals surface area contributed by atoms with Gasteiger partial charge in [-0.1, -0.05) is 26.0 Å². The van der Waals surface area contributed by atoms with Crippen molar-refractivity contribution in [3.05, 3.63) is 94.3 Å². The third kappa shape index (κ3) is 10.8. The van der Waals surface area contributed by atoms with E-state index in [1.54, 1.807) is 30.2 Å². The number of aromatic hydroxyl groups is 1. The zero-order chi connectivity index (χ0) is 30.6. The number of carbonyl (C=O) groups excluding carboxylic acids is 2. The second kappa shape index (κ2) is 17.5. The molecular formula is C33H43ClFN3O5. The summed E-state index contributed by atoms with van der Waals surface area (Å²) in [5, 5.41) is 13.1. The number of nitrogens with two attached hydrogens (primary N) is 1. The zero-order valence-electron chi connectivity index (χ0n) is 25.3. The Morgan fingerprint density at radius 3 is 2.35 bits per heavy atom. The van der Waals surface area contributed by atoms with Crippen molar-refractivity contribution in [2.75, 3.05) is 26.7 Å². The molecule has 0 radical (unpaired) electrons. The third-order valence-electron chi connectivity index (χ3n) is 6.79. The number of benzene rings is 3. The maximum absolute atomic E-state index is 13.9. The summed E-state index contributed by atoms with van der Waals surface area (Å²) in [5.41, 5.74) is 9.39. The average Bonchev–Trinajstić information content (AvgIpc) is 2.95. The molecule has 3 rings (SSSR count). The molecule has 0 saturated heterocycles. The summed E-state index contributed by atoms with van der Waals surface area (Å²) in [4.78, 5) is 28.5. The number of phenolic OH excluding ortho intramolecular Hbond substituents is 1. The SMILES string of the molecule is CCCN(CCC)C(=O)c1cc(C)cc(C(=O)O[C@H](CNCc2cccc(OC)c2)[C@@H](N)Cc2cc(O)cc(F)c2)c1.Cl. The van der Waals surface area contributed by atoms with Crippen LogP contribution in [0.1, 0.15) is 64.1 Å². The summed E-state index contributed by atoms with van der Waals surface area (Å²) in [7, 11) is 1.60. The van der Waals surface area contributed by atoms with Crippen LogP contribution >= 0.6 is 12.4 Å². The Kier molecular flexibility index (Phi) is 14.4. The van der Waals surface area contributed by atoms with Gasteiger partial charge in [-0.15, -0.1) is 12.4 Å². The van der Waals surface area contributed by atoms with Gasteiger partial charge in [-0.25, -0.2) is 9.18 Å². The molecule has 0 aromatic heterocycles. The van der Waals surface area contributed by atoms with Gasteiger partial charge in [0.15, 0.2) is 0 Å². The Bertz CT molecular complexity index is 1330. The highest BCUT2D eigenvalue weighted by Gasteiger charge is 2.25. The predicted molar refractivity (Wildman–Crippen MR) is 169 cm³/mol. The first-order chi connectivity index (χ1) is 20.1. The number of carbonyl (C=O) groups is 2. The second-order valence-electron chi connectivity index (χ2n) is 10.5. The van der Waals surface area contributed by atoms with E-state index in [4.69, 9.17) is 15.2 Å². The maximum Gasteiger partial charge on any atom is 0.338 e. The van der Waals surface area contributed by atoms with Gasteiger partial charge in [-0.3, -0.25) is 4.79 Å². The van der Waals surface area contributed by atoms with Crippen LogP contribution in [0.2, 0.25) is 0 Å². The van der Waals surface area contributed by atoms with Crippen molar-refractivity contribution in [1.29, 1.82) is 0 Å². The lowest BCUT2D eigenvalue weighted by Crippen LogP contribution is -2.46. The summed E-state index contributed by atoms with van der Waals surface area (Å²) in [6.07, 6.45) is 1.02. The molecule has 3 aromatic rings. The summed E-state index contributed by atoms with van der Waals surface area (Å²) in [6.45, 7) is 7.80. The third-order valence-corrected chi connectivity index (χ3v) is 6.79. The number of methoxy groups -OCH3 is 1. The molecule has 0 saturated carbocycles. The van der Waals surface area contributed by atoms with Crippen LogP contribution in [0.25, 0.3) is 0 Å². The number of phenols is 1. The fraction of sp³-hybridized carbons (Fsp3) is 0.394. The molecule has 0 bridgehead atoms. The molecule has 43 heavy (non-hydrogen) atoms. The van der Waals surface area contributed by atoms with E-state index in [-0.39, 0.29) is 42.6 Å². The van der Waals surface area contributed by atoms with Gasteiger partial charge in [0.25, 0.3) is 5.91 Å². The second-order valence-corrected chi connectivity index (χ2v) is 10.5. The van der Waals surface area contributed by atoms with Gasteiger partial charge in [0, 0.05) is 43.9 Å². The number of hydrogen-bond donors (Lipinski definition) is 3. The minimum Gasteiger partial charge on any atom is -0.508 e. The minimum absolute atomic E-state index is 0. The van der Waals surface area contributed by atoms with Crippen molar-refractivity contribution in [3.8, 4) is 11.5 Å². The summed E-state index contributed by atoms with van der Waals surface area (Å²) in [6, 6.07) is 15.6.